The van der Waals surface area contributed by atoms with E-state index in [0.29, 0.717) is 15.9 Å². The first-order chi connectivity index (χ1) is 8.31. The first-order valence-electron chi connectivity index (χ1n) is 4.77. The number of carbonyl (C=O) groups excluding carboxylic acids is 1. The van der Waals surface area contributed by atoms with E-state index >= 15 is 0 Å². The zero-order valence-electron chi connectivity index (χ0n) is 9.27. The van der Waals surface area contributed by atoms with Gasteiger partial charge in [-0.05, 0) is 34.1 Å². The summed E-state index contributed by atoms with van der Waals surface area (Å²) in [6, 6.07) is 3.68. The SMILES string of the molecule is COc1ccc(NC(=O)NCC(F)(F)F)cc1Br. The molecule has 2 N–H and O–H groups in total. The predicted molar refractivity (Wildman–Crippen MR) is 63.8 cm³/mol. The lowest BCUT2D eigenvalue weighted by Crippen LogP contribution is -2.36. The minimum Gasteiger partial charge on any atom is -0.496 e. The van der Waals surface area contributed by atoms with Crippen molar-refractivity contribution in [3.05, 3.63) is 22.7 Å². The first-order valence-corrected chi connectivity index (χ1v) is 5.56. The van der Waals surface area contributed by atoms with Gasteiger partial charge in [-0.15, -0.1) is 0 Å². The van der Waals surface area contributed by atoms with Crippen molar-refractivity contribution in [1.29, 1.82) is 0 Å². The van der Waals surface area contributed by atoms with Gasteiger partial charge in [0.2, 0.25) is 0 Å². The lowest BCUT2D eigenvalue weighted by Gasteiger charge is -2.10. The number of nitrogens with one attached hydrogen (secondary N) is 2. The van der Waals surface area contributed by atoms with Crippen LogP contribution >= 0.6 is 15.9 Å². The highest BCUT2D eigenvalue weighted by atomic mass is 79.9. The normalized spacial score (nSPS) is 10.9. The molecule has 0 fully saturated rings. The number of carbonyl (C=O) groups is 1. The lowest BCUT2D eigenvalue weighted by molar-refractivity contribution is -0.122. The minimum absolute atomic E-state index is 0.349. The Labute approximate surface area is 110 Å². The second-order valence-electron chi connectivity index (χ2n) is 3.27. The number of alkyl halides is 3. The van der Waals surface area contributed by atoms with Gasteiger partial charge in [0.1, 0.15) is 12.3 Å². The van der Waals surface area contributed by atoms with Crippen molar-refractivity contribution in [1.82, 2.24) is 5.32 Å². The second-order valence-corrected chi connectivity index (χ2v) is 4.13. The van der Waals surface area contributed by atoms with Gasteiger partial charge in [-0.25, -0.2) is 4.79 Å². The molecule has 0 aliphatic heterocycles. The largest absolute Gasteiger partial charge is 0.496 e. The number of hydrogen-bond acceptors (Lipinski definition) is 2. The maximum Gasteiger partial charge on any atom is 0.405 e. The van der Waals surface area contributed by atoms with Crippen LogP contribution in [0.1, 0.15) is 0 Å². The molecule has 1 aromatic carbocycles. The first kappa shape index (κ1) is 14.6. The van der Waals surface area contributed by atoms with E-state index < -0.39 is 18.8 Å². The van der Waals surface area contributed by atoms with Gasteiger partial charge in [0.15, 0.2) is 0 Å². The van der Waals surface area contributed by atoms with E-state index in [1.54, 1.807) is 11.4 Å². The van der Waals surface area contributed by atoms with Gasteiger partial charge in [0.25, 0.3) is 0 Å². The fourth-order valence-corrected chi connectivity index (χ4v) is 1.64. The summed E-state index contributed by atoms with van der Waals surface area (Å²) < 4.78 is 41.1. The van der Waals surface area contributed by atoms with Crippen molar-refractivity contribution in [2.45, 2.75) is 6.18 Å². The van der Waals surface area contributed by atoms with Crippen LogP contribution in [-0.4, -0.2) is 25.9 Å². The Morgan fingerprint density at radius 2 is 2.11 bits per heavy atom. The van der Waals surface area contributed by atoms with E-state index in [1.165, 1.54) is 19.2 Å². The summed E-state index contributed by atoms with van der Waals surface area (Å²) in [7, 11) is 1.48. The van der Waals surface area contributed by atoms with Crippen LogP contribution in [-0.2, 0) is 0 Å². The van der Waals surface area contributed by atoms with Crippen LogP contribution < -0.4 is 15.4 Å². The molecular formula is C10H10BrF3N2O2. The molecule has 8 heteroatoms. The van der Waals surface area contributed by atoms with Gasteiger partial charge in [0, 0.05) is 5.69 Å². The third-order valence-corrected chi connectivity index (χ3v) is 2.48. The monoisotopic (exact) mass is 326 g/mol. The van der Waals surface area contributed by atoms with Crippen LogP contribution in [0, 0.1) is 0 Å². The zero-order chi connectivity index (χ0) is 13.8. The third-order valence-electron chi connectivity index (χ3n) is 1.86. The molecule has 0 atom stereocenters. The fraction of sp³-hybridized carbons (Fsp3) is 0.300. The molecule has 100 valence electrons. The number of halogens is 4. The van der Waals surface area contributed by atoms with Gasteiger partial charge in [0.05, 0.1) is 11.6 Å². The molecule has 0 saturated heterocycles. The maximum absolute atomic E-state index is 11.9. The van der Waals surface area contributed by atoms with Gasteiger partial charge in [-0.3, -0.25) is 0 Å². The highest BCUT2D eigenvalue weighted by molar-refractivity contribution is 9.10. The van der Waals surface area contributed by atoms with E-state index in [-0.39, 0.29) is 0 Å². The van der Waals surface area contributed by atoms with E-state index in [4.69, 9.17) is 4.74 Å². The zero-order valence-corrected chi connectivity index (χ0v) is 10.9. The third kappa shape index (κ3) is 4.82. The Morgan fingerprint density at radius 1 is 1.44 bits per heavy atom. The molecule has 0 radical (unpaired) electrons. The lowest BCUT2D eigenvalue weighted by atomic mass is 10.3. The minimum atomic E-state index is -4.43. The van der Waals surface area contributed by atoms with Crippen LogP contribution in [0.5, 0.6) is 5.75 Å². The smallest absolute Gasteiger partial charge is 0.405 e. The highest BCUT2D eigenvalue weighted by Crippen LogP contribution is 2.27. The summed E-state index contributed by atoms with van der Waals surface area (Å²) in [6.07, 6.45) is -4.43. The van der Waals surface area contributed by atoms with Gasteiger partial charge in [-0.2, -0.15) is 13.2 Å². The highest BCUT2D eigenvalue weighted by Gasteiger charge is 2.27. The van der Waals surface area contributed by atoms with Gasteiger partial charge < -0.3 is 15.4 Å². The van der Waals surface area contributed by atoms with Crippen LogP contribution in [0.4, 0.5) is 23.7 Å². The Morgan fingerprint density at radius 3 is 2.61 bits per heavy atom. The summed E-state index contributed by atoms with van der Waals surface area (Å²) in [5.74, 6) is 0.552. The number of methoxy groups -OCH3 is 1. The molecule has 0 aliphatic rings. The van der Waals surface area contributed by atoms with Gasteiger partial charge in [-0.1, -0.05) is 0 Å². The summed E-state index contributed by atoms with van der Waals surface area (Å²) in [5, 5.41) is 3.97. The van der Waals surface area contributed by atoms with Crippen molar-refractivity contribution in [3.63, 3.8) is 0 Å². The van der Waals surface area contributed by atoms with Gasteiger partial charge >= 0.3 is 12.2 Å². The molecule has 0 unspecified atom stereocenters. The summed E-state index contributed by atoms with van der Waals surface area (Å²) >= 11 is 3.19. The van der Waals surface area contributed by atoms with Crippen molar-refractivity contribution < 1.29 is 22.7 Å². The van der Waals surface area contributed by atoms with E-state index in [0.717, 1.165) is 0 Å². The van der Waals surface area contributed by atoms with Crippen molar-refractivity contribution in [2.75, 3.05) is 19.0 Å². The van der Waals surface area contributed by atoms with E-state index in [2.05, 4.69) is 21.2 Å². The Balaban J connectivity index is 2.57. The average Bonchev–Trinajstić information content (AvgIpc) is 2.26. The van der Waals surface area contributed by atoms with Crippen LogP contribution in [0.15, 0.2) is 22.7 Å². The predicted octanol–water partition coefficient (Wildman–Crippen LogP) is 3.14. The van der Waals surface area contributed by atoms with Crippen LogP contribution in [0.3, 0.4) is 0 Å². The maximum atomic E-state index is 11.9. The van der Waals surface area contributed by atoms with Crippen molar-refractivity contribution in [3.8, 4) is 5.75 Å². The molecule has 0 heterocycles. The molecule has 1 rings (SSSR count). The number of urea groups is 1. The standard InChI is InChI=1S/C10H10BrF3N2O2/c1-18-8-3-2-6(4-7(8)11)16-9(17)15-5-10(12,13)14/h2-4H,5H2,1H3,(H2,15,16,17). The molecular weight excluding hydrogens is 317 g/mol. The van der Waals surface area contributed by atoms with Crippen molar-refractivity contribution >= 4 is 27.6 Å². The fourth-order valence-electron chi connectivity index (χ4n) is 1.10. The number of benzene rings is 1. The number of rotatable bonds is 3. The molecule has 0 bridgehead atoms. The molecule has 0 spiro atoms. The number of ether oxygens (including phenoxy) is 1. The summed E-state index contributed by atoms with van der Waals surface area (Å²) in [5.41, 5.74) is 0.349. The number of hydrogen-bond donors (Lipinski definition) is 2. The van der Waals surface area contributed by atoms with Crippen molar-refractivity contribution in [2.24, 2.45) is 0 Å². The topological polar surface area (TPSA) is 50.4 Å². The molecule has 0 saturated carbocycles. The Kier molecular flexibility index (Phi) is 4.83. The molecule has 18 heavy (non-hydrogen) atoms. The molecule has 1 aromatic rings. The summed E-state index contributed by atoms with van der Waals surface area (Å²) in [4.78, 5) is 11.2. The quantitative estimate of drug-likeness (QED) is 0.896. The van der Waals surface area contributed by atoms with E-state index in [9.17, 15) is 18.0 Å². The van der Waals surface area contributed by atoms with E-state index in [1.807, 2.05) is 0 Å². The Hall–Kier alpha value is -1.44. The number of amides is 2. The average molecular weight is 327 g/mol. The van der Waals surface area contributed by atoms with Crippen LogP contribution in [0.25, 0.3) is 0 Å². The molecule has 0 aliphatic carbocycles. The molecule has 4 nitrogen and oxygen atoms in total. The Bertz CT molecular complexity index is 438. The second kappa shape index (κ2) is 5.94. The summed E-state index contributed by atoms with van der Waals surface area (Å²) in [6.45, 7) is -1.38. The number of anilines is 1. The molecule has 2 amide bonds. The van der Waals surface area contributed by atoms with Crippen LogP contribution in [0.2, 0.25) is 0 Å². The molecule has 0 aromatic heterocycles.